The highest BCUT2D eigenvalue weighted by molar-refractivity contribution is 5.54. The van der Waals surface area contributed by atoms with E-state index in [0.717, 1.165) is 16.7 Å². The number of rotatable bonds is 1. The molecule has 3 rings (SSSR count). The first kappa shape index (κ1) is 16.5. The van der Waals surface area contributed by atoms with Crippen molar-refractivity contribution < 1.29 is 20.1 Å². The van der Waals surface area contributed by atoms with E-state index in [2.05, 4.69) is 13.8 Å². The third-order valence-electron chi connectivity index (χ3n) is 4.90. The number of fused-ring (bicyclic) bond motifs is 1. The van der Waals surface area contributed by atoms with Crippen molar-refractivity contribution in [3.8, 4) is 23.0 Å². The van der Waals surface area contributed by atoms with E-state index in [4.69, 9.17) is 4.74 Å². The number of phenolic OH excluding ortho intramolecular Hbond substituents is 3. The van der Waals surface area contributed by atoms with Crippen LogP contribution in [-0.4, -0.2) is 15.3 Å². The lowest BCUT2D eigenvalue weighted by atomic mass is 9.69. The Morgan fingerprint density at radius 1 is 0.833 bits per heavy atom. The Kier molecular flexibility index (Phi) is 3.48. The standard InChI is InChI=1S/C20H24O4/c1-11-6-13(21)8-15(23)17(11)20(5)10-19(3,4)18-12(2)7-14(22)9-16(18)24-20/h6-9,21-23H,10H2,1-5H3. The average Bonchev–Trinajstić information content (AvgIpc) is 2.32. The van der Waals surface area contributed by atoms with Crippen LogP contribution in [0.5, 0.6) is 23.0 Å². The summed E-state index contributed by atoms with van der Waals surface area (Å²) in [5.74, 6) is 0.850. The van der Waals surface area contributed by atoms with Gasteiger partial charge in [0.05, 0.1) is 0 Å². The predicted molar refractivity (Wildman–Crippen MR) is 93.0 cm³/mol. The Balaban J connectivity index is 2.22. The summed E-state index contributed by atoms with van der Waals surface area (Å²) in [7, 11) is 0. The molecule has 4 nitrogen and oxygen atoms in total. The molecule has 0 saturated heterocycles. The van der Waals surface area contributed by atoms with E-state index >= 15 is 0 Å². The van der Waals surface area contributed by atoms with Gasteiger partial charge in [-0.1, -0.05) is 13.8 Å². The molecule has 2 aromatic carbocycles. The maximum Gasteiger partial charge on any atom is 0.136 e. The highest BCUT2D eigenvalue weighted by Gasteiger charge is 2.45. The zero-order valence-corrected chi connectivity index (χ0v) is 14.8. The Morgan fingerprint density at radius 3 is 1.96 bits per heavy atom. The van der Waals surface area contributed by atoms with Crippen LogP contribution in [0.4, 0.5) is 0 Å². The van der Waals surface area contributed by atoms with Crippen LogP contribution in [0.1, 0.15) is 49.4 Å². The lowest BCUT2D eigenvalue weighted by Gasteiger charge is -2.45. The quantitative estimate of drug-likeness (QED) is 0.726. The maximum atomic E-state index is 10.4. The van der Waals surface area contributed by atoms with Crippen LogP contribution >= 0.6 is 0 Å². The topological polar surface area (TPSA) is 69.9 Å². The molecular formula is C20H24O4. The number of phenols is 3. The van der Waals surface area contributed by atoms with E-state index in [-0.39, 0.29) is 22.7 Å². The molecule has 2 aromatic rings. The van der Waals surface area contributed by atoms with Gasteiger partial charge in [0.1, 0.15) is 28.6 Å². The third kappa shape index (κ3) is 2.46. The van der Waals surface area contributed by atoms with Gasteiger partial charge in [-0.15, -0.1) is 0 Å². The molecule has 1 heterocycles. The minimum absolute atomic E-state index is 0.0196. The van der Waals surface area contributed by atoms with Crippen molar-refractivity contribution in [2.75, 3.05) is 0 Å². The number of hydrogen-bond acceptors (Lipinski definition) is 4. The van der Waals surface area contributed by atoms with Crippen molar-refractivity contribution >= 4 is 0 Å². The van der Waals surface area contributed by atoms with Gasteiger partial charge < -0.3 is 20.1 Å². The molecule has 0 bridgehead atoms. The molecule has 1 atom stereocenters. The molecular weight excluding hydrogens is 304 g/mol. The first-order valence-corrected chi connectivity index (χ1v) is 8.10. The van der Waals surface area contributed by atoms with Gasteiger partial charge in [0.15, 0.2) is 0 Å². The van der Waals surface area contributed by atoms with Gasteiger partial charge in [-0.2, -0.15) is 0 Å². The number of aryl methyl sites for hydroxylation is 2. The molecule has 24 heavy (non-hydrogen) atoms. The van der Waals surface area contributed by atoms with Gasteiger partial charge in [-0.3, -0.25) is 0 Å². The summed E-state index contributed by atoms with van der Waals surface area (Å²) in [4.78, 5) is 0. The molecule has 0 amide bonds. The van der Waals surface area contributed by atoms with E-state index in [1.54, 1.807) is 18.2 Å². The van der Waals surface area contributed by atoms with Crippen LogP contribution in [0, 0.1) is 13.8 Å². The van der Waals surface area contributed by atoms with Crippen molar-refractivity contribution in [1.29, 1.82) is 0 Å². The Morgan fingerprint density at radius 2 is 1.38 bits per heavy atom. The fraction of sp³-hybridized carbons (Fsp3) is 0.400. The van der Waals surface area contributed by atoms with E-state index in [9.17, 15) is 15.3 Å². The molecule has 0 fully saturated rings. The molecule has 128 valence electrons. The van der Waals surface area contributed by atoms with Crippen LogP contribution in [0.15, 0.2) is 24.3 Å². The third-order valence-corrected chi connectivity index (χ3v) is 4.90. The van der Waals surface area contributed by atoms with E-state index in [1.165, 1.54) is 6.07 Å². The average molecular weight is 328 g/mol. The van der Waals surface area contributed by atoms with Gasteiger partial charge in [0.2, 0.25) is 0 Å². The second-order valence-corrected chi connectivity index (χ2v) is 7.69. The molecule has 0 radical (unpaired) electrons. The van der Waals surface area contributed by atoms with Crippen LogP contribution in [0.2, 0.25) is 0 Å². The van der Waals surface area contributed by atoms with E-state index in [0.29, 0.717) is 17.7 Å². The molecule has 3 N–H and O–H groups in total. The second kappa shape index (κ2) is 5.07. The Hall–Kier alpha value is -2.36. The fourth-order valence-corrected chi connectivity index (χ4v) is 4.47. The summed E-state index contributed by atoms with van der Waals surface area (Å²) in [6.45, 7) is 10.0. The van der Waals surface area contributed by atoms with Gasteiger partial charge in [-0.25, -0.2) is 0 Å². The largest absolute Gasteiger partial charge is 0.508 e. The maximum absolute atomic E-state index is 10.4. The summed E-state index contributed by atoms with van der Waals surface area (Å²) in [5.41, 5.74) is 2.54. The molecule has 1 aliphatic heterocycles. The predicted octanol–water partition coefficient (Wildman–Crippen LogP) is 4.40. The lowest BCUT2D eigenvalue weighted by molar-refractivity contribution is 0.0293. The summed E-state index contributed by atoms with van der Waals surface area (Å²) in [6.07, 6.45) is 0.664. The molecule has 0 spiro atoms. The summed E-state index contributed by atoms with van der Waals surface area (Å²) in [5, 5.41) is 30.1. The van der Waals surface area contributed by atoms with Crippen molar-refractivity contribution in [3.63, 3.8) is 0 Å². The van der Waals surface area contributed by atoms with Gasteiger partial charge in [-0.05, 0) is 49.4 Å². The number of hydrogen-bond donors (Lipinski definition) is 3. The van der Waals surface area contributed by atoms with Crippen molar-refractivity contribution in [2.45, 2.75) is 52.1 Å². The van der Waals surface area contributed by atoms with E-state index in [1.807, 2.05) is 20.8 Å². The zero-order valence-electron chi connectivity index (χ0n) is 14.8. The first-order valence-electron chi connectivity index (χ1n) is 8.10. The summed E-state index contributed by atoms with van der Waals surface area (Å²) in [6, 6.07) is 6.34. The molecule has 1 unspecified atom stereocenters. The second-order valence-electron chi connectivity index (χ2n) is 7.69. The smallest absolute Gasteiger partial charge is 0.136 e. The Bertz CT molecular complexity index is 800. The van der Waals surface area contributed by atoms with Gasteiger partial charge in [0, 0.05) is 29.7 Å². The number of ether oxygens (including phenoxy) is 1. The van der Waals surface area contributed by atoms with Crippen LogP contribution in [-0.2, 0) is 11.0 Å². The normalized spacial score (nSPS) is 21.9. The molecule has 0 aromatic heterocycles. The summed E-state index contributed by atoms with van der Waals surface area (Å²) < 4.78 is 6.30. The minimum atomic E-state index is -0.765. The number of aromatic hydroxyl groups is 3. The summed E-state index contributed by atoms with van der Waals surface area (Å²) >= 11 is 0. The number of benzene rings is 2. The monoisotopic (exact) mass is 328 g/mol. The van der Waals surface area contributed by atoms with Crippen molar-refractivity contribution in [3.05, 3.63) is 46.5 Å². The zero-order chi connectivity index (χ0) is 17.9. The van der Waals surface area contributed by atoms with Gasteiger partial charge >= 0.3 is 0 Å². The molecule has 0 aliphatic carbocycles. The van der Waals surface area contributed by atoms with Crippen molar-refractivity contribution in [1.82, 2.24) is 0 Å². The fourth-order valence-electron chi connectivity index (χ4n) is 4.47. The Labute approximate surface area is 142 Å². The molecule has 4 heteroatoms. The minimum Gasteiger partial charge on any atom is -0.508 e. The molecule has 1 aliphatic rings. The van der Waals surface area contributed by atoms with Gasteiger partial charge in [0.25, 0.3) is 0 Å². The van der Waals surface area contributed by atoms with Crippen LogP contribution in [0.25, 0.3) is 0 Å². The molecule has 0 saturated carbocycles. The van der Waals surface area contributed by atoms with Crippen LogP contribution < -0.4 is 4.74 Å². The van der Waals surface area contributed by atoms with E-state index < -0.39 is 5.60 Å². The first-order chi connectivity index (χ1) is 11.0. The van der Waals surface area contributed by atoms with Crippen molar-refractivity contribution in [2.24, 2.45) is 0 Å². The SMILES string of the molecule is Cc1cc(O)cc2c1C(C)(C)CC(C)(c1c(C)cc(O)cc1O)O2. The lowest BCUT2D eigenvalue weighted by Crippen LogP contribution is -2.42. The highest BCUT2D eigenvalue weighted by atomic mass is 16.5. The highest BCUT2D eigenvalue weighted by Crippen LogP contribution is 2.53. The van der Waals surface area contributed by atoms with Crippen LogP contribution in [0.3, 0.4) is 0 Å².